The molecule has 0 unspecified atom stereocenters. The topological polar surface area (TPSA) is 21.1 Å². The van der Waals surface area contributed by atoms with Crippen LogP contribution in [0.5, 0.6) is 0 Å². The van der Waals surface area contributed by atoms with Crippen molar-refractivity contribution in [2.45, 2.75) is 0 Å². The lowest BCUT2D eigenvalue weighted by Crippen LogP contribution is -2.18. The molecule has 36 heavy (non-hydrogen) atoms. The summed E-state index contributed by atoms with van der Waals surface area (Å²) in [7, 11) is 0. The molecule has 0 saturated carbocycles. The molecule has 3 nitrogen and oxygen atoms in total. The lowest BCUT2D eigenvalue weighted by Gasteiger charge is -2.33. The molecule has 0 radical (unpaired) electrons. The lowest BCUT2D eigenvalue weighted by molar-refractivity contribution is 1.06. The maximum atomic E-state index is 5.10. The van der Waals surface area contributed by atoms with E-state index in [0.717, 1.165) is 50.7 Å². The summed E-state index contributed by atoms with van der Waals surface area (Å²) in [5.74, 6) is 0.958. The molecule has 170 valence electrons. The van der Waals surface area contributed by atoms with E-state index in [-0.39, 0.29) is 0 Å². The molecule has 2 heterocycles. The highest BCUT2D eigenvalue weighted by atomic mass is 15.2. The van der Waals surface area contributed by atoms with E-state index in [9.17, 15) is 0 Å². The Bertz CT molecular complexity index is 1720. The highest BCUT2D eigenvalue weighted by molar-refractivity contribution is 6.03. The molecule has 1 aromatic heterocycles. The first kappa shape index (κ1) is 20.5. The van der Waals surface area contributed by atoms with Crippen molar-refractivity contribution in [1.82, 2.24) is 9.55 Å². The summed E-state index contributed by atoms with van der Waals surface area (Å²) in [5, 5.41) is 0. The van der Waals surface area contributed by atoms with Crippen LogP contribution in [0.3, 0.4) is 0 Å². The maximum Gasteiger partial charge on any atom is 0.145 e. The van der Waals surface area contributed by atoms with Crippen molar-refractivity contribution in [1.29, 1.82) is 0 Å². The maximum absolute atomic E-state index is 5.10. The smallest absolute Gasteiger partial charge is 0.145 e. The van der Waals surface area contributed by atoms with Crippen molar-refractivity contribution in [3.8, 4) is 17.1 Å². The third kappa shape index (κ3) is 3.33. The molecule has 0 saturated heterocycles. The first-order valence-corrected chi connectivity index (χ1v) is 12.2. The number of hydrogen-bond acceptors (Lipinski definition) is 2. The quantitative estimate of drug-likeness (QED) is 0.245. The summed E-state index contributed by atoms with van der Waals surface area (Å²) < 4.78 is 2.32. The summed E-state index contributed by atoms with van der Waals surface area (Å²) in [6.07, 6.45) is 4.34. The summed E-state index contributed by atoms with van der Waals surface area (Å²) in [6, 6.07) is 44.5. The minimum absolute atomic E-state index is 0.958. The zero-order valence-electron chi connectivity index (χ0n) is 19.6. The molecular formula is C33H23N3. The minimum atomic E-state index is 0.958. The van der Waals surface area contributed by atoms with Crippen molar-refractivity contribution in [3.63, 3.8) is 0 Å². The van der Waals surface area contributed by atoms with Gasteiger partial charge in [0.1, 0.15) is 5.82 Å². The summed E-state index contributed by atoms with van der Waals surface area (Å²) in [4.78, 5) is 7.46. The number of anilines is 3. The first-order valence-electron chi connectivity index (χ1n) is 12.2. The molecule has 3 heteroatoms. The van der Waals surface area contributed by atoms with Crippen molar-refractivity contribution < 1.29 is 0 Å². The predicted octanol–water partition coefficient (Wildman–Crippen LogP) is 8.65. The molecule has 1 aliphatic heterocycles. The van der Waals surface area contributed by atoms with E-state index in [1.807, 2.05) is 12.1 Å². The summed E-state index contributed by atoms with van der Waals surface area (Å²) in [6.45, 7) is 0. The third-order valence-electron chi connectivity index (χ3n) is 6.69. The van der Waals surface area contributed by atoms with Crippen molar-refractivity contribution in [2.24, 2.45) is 0 Å². The van der Waals surface area contributed by atoms with Gasteiger partial charge in [-0.1, -0.05) is 103 Å². The summed E-state index contributed by atoms with van der Waals surface area (Å²) >= 11 is 0. The largest absolute Gasteiger partial charge is 0.306 e. The van der Waals surface area contributed by atoms with E-state index in [1.165, 1.54) is 5.56 Å². The van der Waals surface area contributed by atoms with Crippen molar-refractivity contribution in [2.75, 3.05) is 4.90 Å². The van der Waals surface area contributed by atoms with Crippen molar-refractivity contribution >= 4 is 40.2 Å². The van der Waals surface area contributed by atoms with Gasteiger partial charge < -0.3 is 4.90 Å². The number of rotatable bonds is 4. The van der Waals surface area contributed by atoms with Gasteiger partial charge in [-0.15, -0.1) is 0 Å². The van der Waals surface area contributed by atoms with Gasteiger partial charge in [-0.2, -0.15) is 0 Å². The van der Waals surface area contributed by atoms with Gasteiger partial charge in [0.05, 0.1) is 28.1 Å². The Morgan fingerprint density at radius 2 is 1.22 bits per heavy atom. The molecule has 0 spiro atoms. The van der Waals surface area contributed by atoms with Crippen LogP contribution < -0.4 is 4.90 Å². The Hall–Kier alpha value is -4.89. The molecule has 0 N–H and O–H groups in total. The number of para-hydroxylation sites is 2. The van der Waals surface area contributed by atoms with Gasteiger partial charge in [0.25, 0.3) is 0 Å². The monoisotopic (exact) mass is 461 g/mol. The normalized spacial score (nSPS) is 12.3. The number of aromatic nitrogens is 2. The van der Waals surface area contributed by atoms with Gasteiger partial charge in [-0.05, 0) is 47.5 Å². The van der Waals surface area contributed by atoms with Crippen LogP contribution in [0.15, 0.2) is 127 Å². The number of fused-ring (bicyclic) bond motifs is 2. The van der Waals surface area contributed by atoms with E-state index in [1.54, 1.807) is 0 Å². The van der Waals surface area contributed by atoms with Crippen LogP contribution in [0.2, 0.25) is 0 Å². The van der Waals surface area contributed by atoms with E-state index in [0.29, 0.717) is 0 Å². The standard InChI is InChI=1S/C33H23N3/c1-4-11-24(12-5-1)19-20-25-21-22-29-31(23-25)35(27-15-8-3-9-16-27)30-18-10-17-28-32(30)36(29)33(34-28)26-13-6-2-7-14-26/h1-23H/b20-19+. The van der Waals surface area contributed by atoms with E-state index >= 15 is 0 Å². The third-order valence-corrected chi connectivity index (χ3v) is 6.69. The number of hydrogen-bond donors (Lipinski definition) is 0. The van der Waals surface area contributed by atoms with Crippen LogP contribution in [0.4, 0.5) is 17.1 Å². The molecule has 0 aliphatic carbocycles. The zero-order chi connectivity index (χ0) is 23.9. The fourth-order valence-electron chi connectivity index (χ4n) is 5.06. The van der Waals surface area contributed by atoms with Crippen LogP contribution in [0.25, 0.3) is 40.3 Å². The molecule has 0 bridgehead atoms. The van der Waals surface area contributed by atoms with Gasteiger partial charge in [0.2, 0.25) is 0 Å². The molecule has 1 aliphatic rings. The van der Waals surface area contributed by atoms with E-state index in [2.05, 4.69) is 137 Å². The lowest BCUT2D eigenvalue weighted by atomic mass is 10.0. The van der Waals surface area contributed by atoms with Crippen LogP contribution in [0.1, 0.15) is 11.1 Å². The Labute approximate surface area is 210 Å². The molecule has 0 fully saturated rings. The van der Waals surface area contributed by atoms with Gasteiger partial charge in [0, 0.05) is 11.3 Å². The Morgan fingerprint density at radius 3 is 2.00 bits per heavy atom. The van der Waals surface area contributed by atoms with E-state index < -0.39 is 0 Å². The summed E-state index contributed by atoms with van der Waals surface area (Å²) in [5.41, 5.74) is 10.1. The Balaban J connectivity index is 1.49. The Kier molecular flexibility index (Phi) is 4.78. The minimum Gasteiger partial charge on any atom is -0.306 e. The SMILES string of the molecule is C(=C\c1ccc2c(c1)N(c1ccccc1)c1cccc3nc(-c4ccccc4)n-2c13)/c1ccccc1. The molecular weight excluding hydrogens is 438 g/mol. The van der Waals surface area contributed by atoms with Gasteiger partial charge in [0.15, 0.2) is 0 Å². The highest BCUT2D eigenvalue weighted by Gasteiger charge is 2.29. The zero-order valence-corrected chi connectivity index (χ0v) is 19.6. The second kappa shape index (κ2) is 8.40. The number of imidazole rings is 1. The second-order valence-corrected chi connectivity index (χ2v) is 8.94. The molecule has 7 rings (SSSR count). The van der Waals surface area contributed by atoms with Crippen molar-refractivity contribution in [3.05, 3.63) is 139 Å². The molecule has 6 aromatic rings. The van der Waals surface area contributed by atoms with Gasteiger partial charge in [-0.3, -0.25) is 4.57 Å². The first-order chi connectivity index (χ1) is 17.9. The van der Waals surface area contributed by atoms with Crippen LogP contribution in [-0.4, -0.2) is 9.55 Å². The Morgan fingerprint density at radius 1 is 0.528 bits per heavy atom. The average molecular weight is 462 g/mol. The predicted molar refractivity (Wildman–Crippen MR) is 150 cm³/mol. The number of benzene rings is 5. The average Bonchev–Trinajstić information content (AvgIpc) is 3.34. The second-order valence-electron chi connectivity index (χ2n) is 8.94. The fourth-order valence-corrected chi connectivity index (χ4v) is 5.06. The van der Waals surface area contributed by atoms with Crippen LogP contribution in [0, 0.1) is 0 Å². The van der Waals surface area contributed by atoms with Crippen LogP contribution >= 0.6 is 0 Å². The fraction of sp³-hybridized carbons (Fsp3) is 0. The van der Waals surface area contributed by atoms with Gasteiger partial charge >= 0.3 is 0 Å². The molecule has 0 amide bonds. The van der Waals surface area contributed by atoms with E-state index in [4.69, 9.17) is 4.98 Å². The number of nitrogens with zero attached hydrogens (tertiary/aromatic N) is 3. The molecule has 5 aromatic carbocycles. The highest BCUT2D eigenvalue weighted by Crippen LogP contribution is 2.48. The van der Waals surface area contributed by atoms with Crippen LogP contribution in [-0.2, 0) is 0 Å². The molecule has 0 atom stereocenters. The van der Waals surface area contributed by atoms with Gasteiger partial charge in [-0.25, -0.2) is 4.98 Å².